The van der Waals surface area contributed by atoms with E-state index in [0.29, 0.717) is 5.56 Å². The highest BCUT2D eigenvalue weighted by Gasteiger charge is 2.22. The van der Waals surface area contributed by atoms with Gasteiger partial charge in [0.15, 0.2) is 11.6 Å². The summed E-state index contributed by atoms with van der Waals surface area (Å²) in [5.74, 6) is -2.53. The van der Waals surface area contributed by atoms with E-state index < -0.39 is 26.6 Å². The summed E-state index contributed by atoms with van der Waals surface area (Å²) in [6.07, 6.45) is 0. The zero-order valence-corrected chi connectivity index (χ0v) is 10.4. The van der Waals surface area contributed by atoms with Crippen LogP contribution < -0.4 is 10.0 Å². The lowest BCUT2D eigenvalue weighted by molar-refractivity contribution is 0.481. The Morgan fingerprint density at radius 2 is 1.94 bits per heavy atom. The van der Waals surface area contributed by atoms with Crippen LogP contribution in [0.15, 0.2) is 17.0 Å². The van der Waals surface area contributed by atoms with Gasteiger partial charge in [0.1, 0.15) is 4.90 Å². The van der Waals surface area contributed by atoms with Gasteiger partial charge < -0.3 is 5.32 Å². The normalized spacial score (nSPS) is 11.8. The van der Waals surface area contributed by atoms with Gasteiger partial charge in [0, 0.05) is 13.1 Å². The lowest BCUT2D eigenvalue weighted by Crippen LogP contribution is -2.25. The van der Waals surface area contributed by atoms with Crippen LogP contribution in [0.4, 0.5) is 8.78 Å². The van der Waals surface area contributed by atoms with Gasteiger partial charge in [-0.3, -0.25) is 0 Å². The zero-order valence-electron chi connectivity index (χ0n) is 9.55. The van der Waals surface area contributed by atoms with Crippen LogP contribution in [0, 0.1) is 11.6 Å². The summed E-state index contributed by atoms with van der Waals surface area (Å²) < 4.78 is 52.0. The van der Waals surface area contributed by atoms with Gasteiger partial charge in [-0.2, -0.15) is 0 Å². The molecule has 0 aliphatic heterocycles. The summed E-state index contributed by atoms with van der Waals surface area (Å²) in [7, 11) is -2.37. The molecule has 0 radical (unpaired) electrons. The van der Waals surface area contributed by atoms with E-state index in [1.165, 1.54) is 0 Å². The van der Waals surface area contributed by atoms with Crippen LogP contribution in [-0.4, -0.2) is 22.0 Å². The molecule has 4 nitrogen and oxygen atoms in total. The summed E-state index contributed by atoms with van der Waals surface area (Å²) in [5, 5.41) is 2.74. The van der Waals surface area contributed by atoms with Crippen LogP contribution in [0.2, 0.25) is 0 Å². The Balaban J connectivity index is 3.32. The topological polar surface area (TPSA) is 58.2 Å². The van der Waals surface area contributed by atoms with Gasteiger partial charge >= 0.3 is 0 Å². The molecule has 0 aliphatic rings. The SMILES string of the molecule is CCNS(=O)(=O)c1cc(CNC)cc(F)c1F. The van der Waals surface area contributed by atoms with E-state index in [4.69, 9.17) is 0 Å². The lowest BCUT2D eigenvalue weighted by Gasteiger charge is -2.09. The first-order chi connectivity index (χ1) is 7.92. The fourth-order valence-corrected chi connectivity index (χ4v) is 2.56. The summed E-state index contributed by atoms with van der Waals surface area (Å²) in [6.45, 7) is 1.93. The number of sulfonamides is 1. The minimum Gasteiger partial charge on any atom is -0.316 e. The Labute approximate surface area is 99.1 Å². The van der Waals surface area contributed by atoms with Crippen molar-refractivity contribution in [2.24, 2.45) is 0 Å². The predicted octanol–water partition coefficient (Wildman–Crippen LogP) is 0.982. The third-order valence-corrected chi connectivity index (χ3v) is 3.60. The van der Waals surface area contributed by atoms with Crippen LogP contribution in [0.5, 0.6) is 0 Å². The molecule has 0 fully saturated rings. The molecular formula is C10H14F2N2O2S. The molecule has 0 saturated heterocycles. The second kappa shape index (κ2) is 5.52. The molecule has 1 aromatic rings. The molecule has 0 bridgehead atoms. The number of benzene rings is 1. The molecule has 2 N–H and O–H groups in total. The molecule has 0 spiro atoms. The lowest BCUT2D eigenvalue weighted by atomic mass is 10.2. The summed E-state index contributed by atoms with van der Waals surface area (Å²) >= 11 is 0. The minimum atomic E-state index is -4.00. The molecule has 0 aliphatic carbocycles. The van der Waals surface area contributed by atoms with Gasteiger partial charge in [-0.25, -0.2) is 21.9 Å². The fourth-order valence-electron chi connectivity index (χ4n) is 1.39. The quantitative estimate of drug-likeness (QED) is 0.833. The molecule has 1 rings (SSSR count). The average molecular weight is 264 g/mol. The third kappa shape index (κ3) is 3.21. The summed E-state index contributed by atoms with van der Waals surface area (Å²) in [4.78, 5) is -0.662. The van der Waals surface area contributed by atoms with Gasteiger partial charge in [0.2, 0.25) is 10.0 Å². The van der Waals surface area contributed by atoms with E-state index in [-0.39, 0.29) is 13.1 Å². The van der Waals surface area contributed by atoms with Crippen molar-refractivity contribution in [2.45, 2.75) is 18.4 Å². The molecule has 96 valence electrons. The highest BCUT2D eigenvalue weighted by Crippen LogP contribution is 2.19. The Hall–Kier alpha value is -1.05. The van der Waals surface area contributed by atoms with E-state index in [0.717, 1.165) is 12.1 Å². The highest BCUT2D eigenvalue weighted by atomic mass is 32.2. The van der Waals surface area contributed by atoms with Crippen molar-refractivity contribution in [2.75, 3.05) is 13.6 Å². The van der Waals surface area contributed by atoms with E-state index in [9.17, 15) is 17.2 Å². The zero-order chi connectivity index (χ0) is 13.1. The molecule has 0 amide bonds. The highest BCUT2D eigenvalue weighted by molar-refractivity contribution is 7.89. The van der Waals surface area contributed by atoms with Gasteiger partial charge in [-0.1, -0.05) is 6.92 Å². The first kappa shape index (κ1) is 14.0. The van der Waals surface area contributed by atoms with Crippen LogP contribution in [0.25, 0.3) is 0 Å². The molecule has 0 saturated carbocycles. The van der Waals surface area contributed by atoms with E-state index in [1.807, 2.05) is 0 Å². The molecule has 17 heavy (non-hydrogen) atoms. The third-order valence-electron chi connectivity index (χ3n) is 2.06. The van der Waals surface area contributed by atoms with Crippen molar-refractivity contribution < 1.29 is 17.2 Å². The van der Waals surface area contributed by atoms with E-state index in [2.05, 4.69) is 10.0 Å². The molecule has 0 heterocycles. The van der Waals surface area contributed by atoms with E-state index >= 15 is 0 Å². The van der Waals surface area contributed by atoms with Gasteiger partial charge in [-0.15, -0.1) is 0 Å². The van der Waals surface area contributed by atoms with Crippen molar-refractivity contribution in [3.63, 3.8) is 0 Å². The fraction of sp³-hybridized carbons (Fsp3) is 0.400. The Kier molecular flexibility index (Phi) is 4.55. The Morgan fingerprint density at radius 1 is 1.29 bits per heavy atom. The number of halogens is 2. The summed E-state index contributed by atoms with van der Waals surface area (Å²) in [5.41, 5.74) is 0.364. The van der Waals surface area contributed by atoms with Crippen molar-refractivity contribution in [1.82, 2.24) is 10.0 Å². The molecule has 0 aromatic heterocycles. The first-order valence-electron chi connectivity index (χ1n) is 5.04. The number of hydrogen-bond donors (Lipinski definition) is 2. The monoisotopic (exact) mass is 264 g/mol. The maximum atomic E-state index is 13.4. The van der Waals surface area contributed by atoms with Gasteiger partial charge in [0.25, 0.3) is 0 Å². The van der Waals surface area contributed by atoms with Crippen molar-refractivity contribution in [3.8, 4) is 0 Å². The molecular weight excluding hydrogens is 250 g/mol. The number of nitrogens with one attached hydrogen (secondary N) is 2. The Morgan fingerprint density at radius 3 is 2.47 bits per heavy atom. The maximum Gasteiger partial charge on any atom is 0.243 e. The standard InChI is InChI=1S/C10H14F2N2O2S/c1-3-14-17(15,16)9-5-7(6-13-2)4-8(11)10(9)12/h4-5,13-14H,3,6H2,1-2H3. The van der Waals surface area contributed by atoms with Crippen molar-refractivity contribution in [1.29, 1.82) is 0 Å². The first-order valence-corrected chi connectivity index (χ1v) is 6.53. The Bertz CT molecular complexity index is 503. The molecule has 7 heteroatoms. The molecule has 0 unspecified atom stereocenters. The number of rotatable bonds is 5. The van der Waals surface area contributed by atoms with Gasteiger partial charge in [-0.05, 0) is 24.7 Å². The van der Waals surface area contributed by atoms with Crippen LogP contribution in [0.1, 0.15) is 12.5 Å². The predicted molar refractivity (Wildman–Crippen MR) is 60.0 cm³/mol. The van der Waals surface area contributed by atoms with Crippen molar-refractivity contribution >= 4 is 10.0 Å². The largest absolute Gasteiger partial charge is 0.316 e. The second-order valence-corrected chi connectivity index (χ2v) is 5.16. The smallest absolute Gasteiger partial charge is 0.243 e. The maximum absolute atomic E-state index is 13.4. The van der Waals surface area contributed by atoms with Crippen LogP contribution in [0.3, 0.4) is 0 Å². The van der Waals surface area contributed by atoms with E-state index in [1.54, 1.807) is 14.0 Å². The van der Waals surface area contributed by atoms with Crippen molar-refractivity contribution in [3.05, 3.63) is 29.3 Å². The molecule has 0 atom stereocenters. The second-order valence-electron chi connectivity index (χ2n) is 3.42. The average Bonchev–Trinajstić information content (AvgIpc) is 2.23. The number of hydrogen-bond acceptors (Lipinski definition) is 3. The molecule has 1 aromatic carbocycles. The summed E-state index contributed by atoms with van der Waals surface area (Å²) in [6, 6.07) is 2.09. The van der Waals surface area contributed by atoms with Crippen LogP contribution in [-0.2, 0) is 16.6 Å². The van der Waals surface area contributed by atoms with Gasteiger partial charge in [0.05, 0.1) is 0 Å². The minimum absolute atomic E-state index is 0.111. The van der Waals surface area contributed by atoms with Crippen LogP contribution >= 0.6 is 0 Å².